The van der Waals surface area contributed by atoms with E-state index in [2.05, 4.69) is 20.6 Å². The summed E-state index contributed by atoms with van der Waals surface area (Å²) < 4.78 is 4.86. The predicted octanol–water partition coefficient (Wildman–Crippen LogP) is 0.387. The minimum Gasteiger partial charge on any atom is -0.399 e. The number of fused-ring (bicyclic) bond motifs is 1. The van der Waals surface area contributed by atoms with Gasteiger partial charge in [-0.3, -0.25) is 4.79 Å². The number of ether oxygens (including phenoxy) is 1. The summed E-state index contributed by atoms with van der Waals surface area (Å²) in [5, 5.41) is 6.54. The van der Waals surface area contributed by atoms with Crippen LogP contribution >= 0.6 is 0 Å². The van der Waals surface area contributed by atoms with Gasteiger partial charge in [0.25, 0.3) is 0 Å². The van der Waals surface area contributed by atoms with Crippen molar-refractivity contribution in [2.45, 2.75) is 0 Å². The van der Waals surface area contributed by atoms with Crippen molar-refractivity contribution in [3.8, 4) is 0 Å². The van der Waals surface area contributed by atoms with E-state index < -0.39 is 0 Å². The van der Waals surface area contributed by atoms with Crippen LogP contribution in [0, 0.1) is 0 Å². The van der Waals surface area contributed by atoms with Gasteiger partial charge in [0.1, 0.15) is 12.1 Å². The molecule has 0 unspecified atom stereocenters. The molecule has 7 nitrogen and oxygen atoms in total. The molecule has 0 saturated heterocycles. The molecule has 0 spiro atoms. The van der Waals surface area contributed by atoms with E-state index >= 15 is 0 Å². The first kappa shape index (κ1) is 14.0. The van der Waals surface area contributed by atoms with Gasteiger partial charge >= 0.3 is 0 Å². The first-order valence-electron chi connectivity index (χ1n) is 6.20. The lowest BCUT2D eigenvalue weighted by Crippen LogP contribution is -2.32. The fourth-order valence-electron chi connectivity index (χ4n) is 1.73. The maximum atomic E-state index is 11.6. The molecule has 0 aliphatic heterocycles. The topological polar surface area (TPSA) is 102 Å². The van der Waals surface area contributed by atoms with Crippen molar-refractivity contribution in [1.29, 1.82) is 0 Å². The Labute approximate surface area is 116 Å². The molecule has 20 heavy (non-hydrogen) atoms. The van der Waals surface area contributed by atoms with Gasteiger partial charge in [0.2, 0.25) is 5.91 Å². The van der Waals surface area contributed by atoms with Crippen LogP contribution in [0.4, 0.5) is 11.5 Å². The standard InChI is InChI=1S/C13H17N5O2/c1-20-5-4-15-12(19)7-16-13-10-3-2-9(14)6-11(10)17-8-18-13/h2-3,6,8H,4-5,7,14H2,1H3,(H,15,19)(H,16,17,18). The molecular weight excluding hydrogens is 258 g/mol. The Kier molecular flexibility index (Phi) is 4.67. The lowest BCUT2D eigenvalue weighted by Gasteiger charge is -2.09. The number of carbonyl (C=O) groups is 1. The Morgan fingerprint density at radius 2 is 2.25 bits per heavy atom. The van der Waals surface area contributed by atoms with Crippen molar-refractivity contribution in [1.82, 2.24) is 15.3 Å². The van der Waals surface area contributed by atoms with Crippen LogP contribution in [-0.4, -0.2) is 42.7 Å². The fourth-order valence-corrected chi connectivity index (χ4v) is 1.73. The van der Waals surface area contributed by atoms with E-state index in [1.165, 1.54) is 6.33 Å². The Hall–Kier alpha value is -2.41. The molecular formula is C13H17N5O2. The predicted molar refractivity (Wildman–Crippen MR) is 77.3 cm³/mol. The number of aromatic nitrogens is 2. The molecule has 0 radical (unpaired) electrons. The monoisotopic (exact) mass is 275 g/mol. The highest BCUT2D eigenvalue weighted by Crippen LogP contribution is 2.20. The smallest absolute Gasteiger partial charge is 0.239 e. The van der Waals surface area contributed by atoms with Crippen LogP contribution in [-0.2, 0) is 9.53 Å². The second-order valence-electron chi connectivity index (χ2n) is 4.20. The van der Waals surface area contributed by atoms with E-state index in [1.54, 1.807) is 19.2 Å². The summed E-state index contributed by atoms with van der Waals surface area (Å²) in [5.74, 6) is 0.487. The van der Waals surface area contributed by atoms with Crippen molar-refractivity contribution < 1.29 is 9.53 Å². The van der Waals surface area contributed by atoms with Crippen LogP contribution in [0.2, 0.25) is 0 Å². The Balaban J connectivity index is 2.01. The number of anilines is 2. The highest BCUT2D eigenvalue weighted by atomic mass is 16.5. The van der Waals surface area contributed by atoms with Gasteiger partial charge < -0.3 is 21.1 Å². The third-order valence-corrected chi connectivity index (χ3v) is 2.71. The van der Waals surface area contributed by atoms with E-state index in [9.17, 15) is 4.79 Å². The molecule has 0 atom stereocenters. The molecule has 0 saturated carbocycles. The Morgan fingerprint density at radius 1 is 1.40 bits per heavy atom. The number of methoxy groups -OCH3 is 1. The highest BCUT2D eigenvalue weighted by molar-refractivity contribution is 5.92. The van der Waals surface area contributed by atoms with Gasteiger partial charge in [-0.2, -0.15) is 0 Å². The number of hydrogen-bond acceptors (Lipinski definition) is 6. The highest BCUT2D eigenvalue weighted by Gasteiger charge is 2.06. The summed E-state index contributed by atoms with van der Waals surface area (Å²) in [6.07, 6.45) is 1.44. The largest absolute Gasteiger partial charge is 0.399 e. The first-order valence-corrected chi connectivity index (χ1v) is 6.20. The van der Waals surface area contributed by atoms with E-state index in [0.29, 0.717) is 24.7 Å². The maximum absolute atomic E-state index is 11.6. The van der Waals surface area contributed by atoms with E-state index in [-0.39, 0.29) is 12.5 Å². The summed E-state index contributed by atoms with van der Waals surface area (Å²) in [7, 11) is 1.59. The van der Waals surface area contributed by atoms with E-state index in [0.717, 1.165) is 10.9 Å². The van der Waals surface area contributed by atoms with Crippen LogP contribution < -0.4 is 16.4 Å². The average Bonchev–Trinajstić information content (AvgIpc) is 2.45. The SMILES string of the molecule is COCCNC(=O)CNc1ncnc2cc(N)ccc12. The second kappa shape index (κ2) is 6.67. The minimum atomic E-state index is -0.121. The van der Waals surface area contributed by atoms with Crippen LogP contribution in [0.5, 0.6) is 0 Å². The quantitative estimate of drug-likeness (QED) is 0.520. The van der Waals surface area contributed by atoms with E-state index in [4.69, 9.17) is 10.5 Å². The summed E-state index contributed by atoms with van der Waals surface area (Å²) in [6.45, 7) is 1.11. The van der Waals surface area contributed by atoms with Crippen molar-refractivity contribution >= 4 is 28.3 Å². The number of benzene rings is 1. The van der Waals surface area contributed by atoms with Gasteiger partial charge in [0, 0.05) is 24.7 Å². The normalized spacial score (nSPS) is 10.4. The maximum Gasteiger partial charge on any atom is 0.239 e. The van der Waals surface area contributed by atoms with Crippen LogP contribution in [0.15, 0.2) is 24.5 Å². The van der Waals surface area contributed by atoms with Gasteiger partial charge in [-0.15, -0.1) is 0 Å². The number of nitrogens with zero attached hydrogens (tertiary/aromatic N) is 2. The zero-order valence-corrected chi connectivity index (χ0v) is 11.2. The van der Waals surface area contributed by atoms with Gasteiger partial charge in [-0.25, -0.2) is 9.97 Å². The average molecular weight is 275 g/mol. The second-order valence-corrected chi connectivity index (χ2v) is 4.20. The molecule has 2 aromatic rings. The third-order valence-electron chi connectivity index (χ3n) is 2.71. The molecule has 106 valence electrons. The molecule has 1 aromatic heterocycles. The zero-order valence-electron chi connectivity index (χ0n) is 11.2. The number of nitrogens with one attached hydrogen (secondary N) is 2. The minimum absolute atomic E-state index is 0.121. The lowest BCUT2D eigenvalue weighted by molar-refractivity contribution is -0.119. The molecule has 2 rings (SSSR count). The number of carbonyl (C=O) groups excluding carboxylic acids is 1. The third kappa shape index (κ3) is 3.55. The number of nitrogens with two attached hydrogens (primary N) is 1. The summed E-state index contributed by atoms with van der Waals surface area (Å²) in [6, 6.07) is 5.37. The van der Waals surface area contributed by atoms with Gasteiger partial charge in [-0.1, -0.05) is 0 Å². The van der Waals surface area contributed by atoms with Gasteiger partial charge in [0.15, 0.2) is 0 Å². The van der Waals surface area contributed by atoms with Crippen molar-refractivity contribution in [3.63, 3.8) is 0 Å². The molecule has 0 fully saturated rings. The molecule has 1 amide bonds. The number of hydrogen-bond donors (Lipinski definition) is 3. The molecule has 0 bridgehead atoms. The lowest BCUT2D eigenvalue weighted by atomic mass is 10.2. The van der Waals surface area contributed by atoms with Crippen molar-refractivity contribution in [2.75, 3.05) is 37.9 Å². The zero-order chi connectivity index (χ0) is 14.4. The number of amides is 1. The van der Waals surface area contributed by atoms with Gasteiger partial charge in [-0.05, 0) is 18.2 Å². The van der Waals surface area contributed by atoms with Crippen LogP contribution in [0.1, 0.15) is 0 Å². The molecule has 0 aliphatic rings. The van der Waals surface area contributed by atoms with Crippen LogP contribution in [0.25, 0.3) is 10.9 Å². The Bertz CT molecular complexity index is 602. The molecule has 1 aromatic carbocycles. The van der Waals surface area contributed by atoms with Crippen molar-refractivity contribution in [3.05, 3.63) is 24.5 Å². The first-order chi connectivity index (χ1) is 9.70. The fraction of sp³-hybridized carbons (Fsp3) is 0.308. The van der Waals surface area contributed by atoms with Gasteiger partial charge in [0.05, 0.1) is 18.7 Å². The van der Waals surface area contributed by atoms with Crippen molar-refractivity contribution in [2.24, 2.45) is 0 Å². The molecule has 4 N–H and O–H groups in total. The molecule has 0 aliphatic carbocycles. The Morgan fingerprint density at radius 3 is 3.05 bits per heavy atom. The summed E-state index contributed by atoms with van der Waals surface area (Å²) >= 11 is 0. The van der Waals surface area contributed by atoms with Crippen LogP contribution in [0.3, 0.4) is 0 Å². The molecule has 7 heteroatoms. The molecule has 1 heterocycles. The summed E-state index contributed by atoms with van der Waals surface area (Å²) in [4.78, 5) is 19.9. The number of rotatable bonds is 6. The summed E-state index contributed by atoms with van der Waals surface area (Å²) in [5.41, 5.74) is 7.08. The number of nitrogen functional groups attached to an aromatic ring is 1. The van der Waals surface area contributed by atoms with E-state index in [1.807, 2.05) is 6.07 Å².